The number of aliphatic carboxylic acids is 1. The van der Waals surface area contributed by atoms with Gasteiger partial charge in [0.1, 0.15) is 12.1 Å². The van der Waals surface area contributed by atoms with Crippen LogP contribution in [-0.2, 0) is 19.1 Å². The minimum Gasteiger partial charge on any atom is -0.481 e. The molecule has 0 heterocycles. The number of hydrogen-bond donors (Lipinski definition) is 3. The van der Waals surface area contributed by atoms with Crippen molar-refractivity contribution < 1.29 is 24.2 Å². The molecular formula is C12H23ClN2O5. The Kier molecular flexibility index (Phi) is 8.45. The molecule has 0 unspecified atom stereocenters. The van der Waals surface area contributed by atoms with Crippen molar-refractivity contribution in [3.63, 3.8) is 0 Å². The van der Waals surface area contributed by atoms with Gasteiger partial charge in [-0.3, -0.25) is 14.4 Å². The van der Waals surface area contributed by atoms with E-state index in [0.717, 1.165) is 0 Å². The van der Waals surface area contributed by atoms with E-state index in [2.05, 4.69) is 10.1 Å². The summed E-state index contributed by atoms with van der Waals surface area (Å²) in [4.78, 5) is 33.7. The van der Waals surface area contributed by atoms with E-state index in [9.17, 15) is 14.4 Å². The highest BCUT2D eigenvalue weighted by Crippen LogP contribution is 2.32. The molecule has 0 aromatic carbocycles. The highest BCUT2D eigenvalue weighted by Gasteiger charge is 2.45. The average Bonchev–Trinajstić information content (AvgIpc) is 2.30. The molecule has 20 heavy (non-hydrogen) atoms. The summed E-state index contributed by atoms with van der Waals surface area (Å²) in [7, 11) is 1.21. The summed E-state index contributed by atoms with van der Waals surface area (Å²) in [5, 5.41) is 11.1. The van der Waals surface area contributed by atoms with Crippen LogP contribution < -0.4 is 11.1 Å². The van der Waals surface area contributed by atoms with Gasteiger partial charge < -0.3 is 20.9 Å². The number of carbonyl (C=O) groups excluding carboxylic acids is 2. The largest absolute Gasteiger partial charge is 0.481 e. The second-order valence-corrected chi connectivity index (χ2v) is 5.37. The van der Waals surface area contributed by atoms with E-state index in [4.69, 9.17) is 10.8 Å². The van der Waals surface area contributed by atoms with Gasteiger partial charge in [0.15, 0.2) is 0 Å². The summed E-state index contributed by atoms with van der Waals surface area (Å²) < 4.78 is 4.41. The number of nitrogens with two attached hydrogens (primary N) is 1. The fourth-order valence-electron chi connectivity index (χ4n) is 1.52. The molecule has 0 aliphatic rings. The van der Waals surface area contributed by atoms with Crippen molar-refractivity contribution in [2.75, 3.05) is 13.7 Å². The van der Waals surface area contributed by atoms with Gasteiger partial charge in [-0.2, -0.15) is 0 Å². The van der Waals surface area contributed by atoms with Crippen LogP contribution in [-0.4, -0.2) is 42.1 Å². The predicted molar refractivity (Wildman–Crippen MR) is 75.5 cm³/mol. The van der Waals surface area contributed by atoms with Crippen molar-refractivity contribution in [3.05, 3.63) is 0 Å². The van der Waals surface area contributed by atoms with Gasteiger partial charge in [0.05, 0.1) is 7.11 Å². The number of methoxy groups -OCH3 is 1. The SMILES string of the molecule is COC(=O)CNC(=O)[C@@](N)(CCC(=O)O)C(C)(C)C.Cl. The maximum atomic E-state index is 12.1. The fraction of sp³-hybridized carbons (Fsp3) is 0.750. The first-order chi connectivity index (χ1) is 8.54. The highest BCUT2D eigenvalue weighted by atomic mass is 35.5. The zero-order valence-electron chi connectivity index (χ0n) is 12.2. The smallest absolute Gasteiger partial charge is 0.325 e. The van der Waals surface area contributed by atoms with E-state index in [-0.39, 0.29) is 31.8 Å². The first-order valence-electron chi connectivity index (χ1n) is 5.90. The molecule has 0 aromatic heterocycles. The van der Waals surface area contributed by atoms with Gasteiger partial charge >= 0.3 is 11.9 Å². The zero-order valence-corrected chi connectivity index (χ0v) is 13.0. The topological polar surface area (TPSA) is 119 Å². The monoisotopic (exact) mass is 310 g/mol. The molecule has 0 rings (SSSR count). The Bertz CT molecular complexity index is 367. The third-order valence-corrected chi connectivity index (χ3v) is 3.10. The number of esters is 1. The van der Waals surface area contributed by atoms with Crippen molar-refractivity contribution in [2.45, 2.75) is 39.2 Å². The average molecular weight is 311 g/mol. The quantitative estimate of drug-likeness (QED) is 0.607. The molecule has 4 N–H and O–H groups in total. The summed E-state index contributed by atoms with van der Waals surface area (Å²) in [5.41, 5.74) is 4.04. The third-order valence-electron chi connectivity index (χ3n) is 3.10. The first-order valence-corrected chi connectivity index (χ1v) is 5.90. The molecule has 0 saturated carbocycles. The minimum atomic E-state index is -1.38. The molecule has 0 saturated heterocycles. The lowest BCUT2D eigenvalue weighted by Crippen LogP contribution is -2.62. The maximum absolute atomic E-state index is 12.1. The van der Waals surface area contributed by atoms with Gasteiger partial charge in [-0.1, -0.05) is 20.8 Å². The van der Waals surface area contributed by atoms with Gasteiger partial charge in [0.2, 0.25) is 5.91 Å². The molecule has 0 aliphatic carbocycles. The summed E-state index contributed by atoms with van der Waals surface area (Å²) >= 11 is 0. The Hall–Kier alpha value is -1.34. The minimum absolute atomic E-state index is 0. The first kappa shape index (κ1) is 21.0. The number of ether oxygens (including phenoxy) is 1. The van der Waals surface area contributed by atoms with Crippen LogP contribution >= 0.6 is 12.4 Å². The van der Waals surface area contributed by atoms with Crippen LogP contribution in [0.2, 0.25) is 0 Å². The molecular weight excluding hydrogens is 288 g/mol. The van der Waals surface area contributed by atoms with E-state index < -0.39 is 28.8 Å². The number of amides is 1. The molecule has 0 aromatic rings. The summed E-state index contributed by atoms with van der Waals surface area (Å²) in [6.07, 6.45) is -0.238. The number of nitrogens with one attached hydrogen (secondary N) is 1. The van der Waals surface area contributed by atoms with E-state index in [1.54, 1.807) is 20.8 Å². The molecule has 0 radical (unpaired) electrons. The molecule has 0 bridgehead atoms. The number of carbonyl (C=O) groups is 3. The van der Waals surface area contributed by atoms with Crippen LogP contribution in [0, 0.1) is 5.41 Å². The van der Waals surface area contributed by atoms with Gasteiger partial charge in [0.25, 0.3) is 0 Å². The molecule has 1 atom stereocenters. The van der Waals surface area contributed by atoms with Crippen molar-refractivity contribution in [3.8, 4) is 0 Å². The van der Waals surface area contributed by atoms with E-state index >= 15 is 0 Å². The molecule has 1 amide bonds. The van der Waals surface area contributed by atoms with Crippen LogP contribution in [0.4, 0.5) is 0 Å². The molecule has 8 heteroatoms. The Morgan fingerprint density at radius 2 is 1.75 bits per heavy atom. The second kappa shape index (κ2) is 8.06. The molecule has 0 spiro atoms. The number of hydrogen-bond acceptors (Lipinski definition) is 5. The standard InChI is InChI=1S/C12H22N2O5.ClH/c1-11(2,3)12(13,6-5-8(15)16)10(18)14-7-9(17)19-4;/h5-7,13H2,1-4H3,(H,14,18)(H,15,16);1H/t12-;/m0./s1. The van der Waals surface area contributed by atoms with Crippen molar-refractivity contribution in [1.82, 2.24) is 5.32 Å². The van der Waals surface area contributed by atoms with Crippen molar-refractivity contribution in [1.29, 1.82) is 0 Å². The van der Waals surface area contributed by atoms with Crippen LogP contribution in [0.25, 0.3) is 0 Å². The molecule has 118 valence electrons. The van der Waals surface area contributed by atoms with Gasteiger partial charge in [-0.05, 0) is 11.8 Å². The van der Waals surface area contributed by atoms with Gasteiger partial charge in [-0.25, -0.2) is 0 Å². The Balaban J connectivity index is 0. The van der Waals surface area contributed by atoms with E-state index in [1.807, 2.05) is 0 Å². The van der Waals surface area contributed by atoms with E-state index in [0.29, 0.717) is 0 Å². The van der Waals surface area contributed by atoms with Crippen molar-refractivity contribution in [2.24, 2.45) is 11.1 Å². The zero-order chi connectivity index (χ0) is 15.3. The lowest BCUT2D eigenvalue weighted by molar-refractivity contribution is -0.143. The summed E-state index contributed by atoms with van der Waals surface area (Å²) in [6.45, 7) is 4.93. The number of halogens is 1. The predicted octanol–water partition coefficient (Wildman–Crippen LogP) is 0.306. The molecule has 0 aliphatic heterocycles. The Labute approximate surface area is 124 Å². The highest BCUT2D eigenvalue weighted by molar-refractivity contribution is 5.90. The number of carboxylic acid groups (broad SMARTS) is 1. The lowest BCUT2D eigenvalue weighted by atomic mass is 9.71. The van der Waals surface area contributed by atoms with Crippen molar-refractivity contribution >= 4 is 30.3 Å². The summed E-state index contributed by atoms with van der Waals surface area (Å²) in [5.74, 6) is -2.19. The normalized spacial score (nSPS) is 13.7. The van der Waals surface area contributed by atoms with E-state index in [1.165, 1.54) is 7.11 Å². The Morgan fingerprint density at radius 1 is 1.25 bits per heavy atom. The van der Waals surface area contributed by atoms with Crippen LogP contribution in [0.3, 0.4) is 0 Å². The summed E-state index contributed by atoms with van der Waals surface area (Å²) in [6, 6.07) is 0. The molecule has 7 nitrogen and oxygen atoms in total. The maximum Gasteiger partial charge on any atom is 0.325 e. The second-order valence-electron chi connectivity index (χ2n) is 5.37. The lowest BCUT2D eigenvalue weighted by Gasteiger charge is -2.39. The van der Waals surface area contributed by atoms with Gasteiger partial charge in [-0.15, -0.1) is 12.4 Å². The number of carboxylic acids is 1. The van der Waals surface area contributed by atoms with Crippen LogP contribution in [0.5, 0.6) is 0 Å². The molecule has 0 fully saturated rings. The Morgan fingerprint density at radius 3 is 2.10 bits per heavy atom. The van der Waals surface area contributed by atoms with Gasteiger partial charge in [0, 0.05) is 6.42 Å². The third kappa shape index (κ3) is 5.75. The van der Waals surface area contributed by atoms with Crippen LogP contribution in [0.15, 0.2) is 0 Å². The number of rotatable bonds is 6. The van der Waals surface area contributed by atoms with Crippen LogP contribution in [0.1, 0.15) is 33.6 Å². The fourth-order valence-corrected chi connectivity index (χ4v) is 1.52.